The van der Waals surface area contributed by atoms with Crippen molar-refractivity contribution in [1.82, 2.24) is 9.97 Å². The summed E-state index contributed by atoms with van der Waals surface area (Å²) in [6, 6.07) is 8.49. The Balaban J connectivity index is 2.12. The maximum Gasteiger partial charge on any atom is 0.225 e. The van der Waals surface area contributed by atoms with Crippen LogP contribution in [0.4, 0.5) is 5.82 Å². The van der Waals surface area contributed by atoms with Gasteiger partial charge in [0.25, 0.3) is 0 Å². The predicted octanol–water partition coefficient (Wildman–Crippen LogP) is 4.42. The summed E-state index contributed by atoms with van der Waals surface area (Å²) < 4.78 is 10.5. The van der Waals surface area contributed by atoms with Gasteiger partial charge in [-0.2, -0.15) is 4.98 Å². The molecule has 0 spiro atoms. The number of hydrogen-bond acceptors (Lipinski definition) is 6. The first kappa shape index (κ1) is 19.0. The van der Waals surface area contributed by atoms with Crippen LogP contribution in [0.2, 0.25) is 5.28 Å². The van der Waals surface area contributed by atoms with Gasteiger partial charge in [0, 0.05) is 38.3 Å². The van der Waals surface area contributed by atoms with Crippen LogP contribution in [0.25, 0.3) is 21.3 Å². The molecule has 0 saturated heterocycles. The van der Waals surface area contributed by atoms with Crippen LogP contribution in [0.3, 0.4) is 0 Å². The minimum Gasteiger partial charge on any atom is -0.383 e. The number of methoxy groups -OCH3 is 2. The molecule has 3 rings (SSSR count). The summed E-state index contributed by atoms with van der Waals surface area (Å²) in [6.45, 7) is 4.67. The van der Waals surface area contributed by atoms with Gasteiger partial charge in [0.05, 0.1) is 18.6 Å². The highest BCUT2D eigenvalue weighted by molar-refractivity contribution is 7.17. The highest BCUT2D eigenvalue weighted by Crippen LogP contribution is 2.39. The molecule has 0 aliphatic rings. The Labute approximate surface area is 162 Å². The van der Waals surface area contributed by atoms with E-state index in [0.717, 1.165) is 27.2 Å². The van der Waals surface area contributed by atoms with Gasteiger partial charge in [-0.25, -0.2) is 4.98 Å². The van der Waals surface area contributed by atoms with Crippen molar-refractivity contribution >= 4 is 39.0 Å². The van der Waals surface area contributed by atoms with Gasteiger partial charge < -0.3 is 14.4 Å². The van der Waals surface area contributed by atoms with Crippen LogP contribution in [0.15, 0.2) is 29.6 Å². The fourth-order valence-corrected chi connectivity index (χ4v) is 3.96. The number of nitrogens with zero attached hydrogens (tertiary/aromatic N) is 3. The first-order valence-electron chi connectivity index (χ1n) is 8.38. The summed E-state index contributed by atoms with van der Waals surface area (Å²) in [5.74, 6) is 0.825. The fraction of sp³-hybridized carbons (Fsp3) is 0.368. The minimum atomic E-state index is 0.254. The summed E-state index contributed by atoms with van der Waals surface area (Å²) in [5, 5.41) is 3.40. The van der Waals surface area contributed by atoms with Crippen LogP contribution in [0, 0.1) is 6.92 Å². The zero-order valence-corrected chi connectivity index (χ0v) is 16.7. The predicted molar refractivity (Wildman–Crippen MR) is 109 cm³/mol. The molecule has 138 valence electrons. The normalized spacial score (nSPS) is 11.2. The number of rotatable bonds is 8. The number of hydrogen-bond donors (Lipinski definition) is 0. The van der Waals surface area contributed by atoms with E-state index in [1.807, 2.05) is 0 Å². The quantitative estimate of drug-likeness (QED) is 0.532. The van der Waals surface area contributed by atoms with Crippen LogP contribution >= 0.6 is 22.9 Å². The Morgan fingerprint density at radius 1 is 1.04 bits per heavy atom. The Morgan fingerprint density at radius 2 is 1.69 bits per heavy atom. The number of thiophene rings is 1. The van der Waals surface area contributed by atoms with Crippen molar-refractivity contribution in [2.24, 2.45) is 0 Å². The monoisotopic (exact) mass is 391 g/mol. The smallest absolute Gasteiger partial charge is 0.225 e. The highest BCUT2D eigenvalue weighted by atomic mass is 35.5. The summed E-state index contributed by atoms with van der Waals surface area (Å²) in [6.07, 6.45) is 0. The largest absolute Gasteiger partial charge is 0.383 e. The van der Waals surface area contributed by atoms with E-state index in [1.54, 1.807) is 25.6 Å². The van der Waals surface area contributed by atoms with Gasteiger partial charge in [0.15, 0.2) is 0 Å². The van der Waals surface area contributed by atoms with Gasteiger partial charge in [0.2, 0.25) is 5.28 Å². The highest BCUT2D eigenvalue weighted by Gasteiger charge is 2.19. The standard InChI is InChI=1S/C19H22ClN3O2S/c1-13-4-6-14(7-5-13)15-12-26-18-16(15)17(21-19(20)22-18)23(8-10-24-2)9-11-25-3/h4-7,12H,8-11H2,1-3H3. The van der Waals surface area contributed by atoms with Crippen LogP contribution in [-0.2, 0) is 9.47 Å². The van der Waals surface area contributed by atoms with E-state index in [2.05, 4.69) is 51.4 Å². The van der Waals surface area contributed by atoms with Crippen molar-refractivity contribution in [3.63, 3.8) is 0 Å². The number of ether oxygens (including phenoxy) is 2. The molecule has 0 unspecified atom stereocenters. The van der Waals surface area contributed by atoms with Gasteiger partial charge in [-0.1, -0.05) is 29.8 Å². The van der Waals surface area contributed by atoms with E-state index < -0.39 is 0 Å². The second-order valence-corrected chi connectivity index (χ2v) is 7.18. The molecular formula is C19H22ClN3O2S. The average molecular weight is 392 g/mol. The van der Waals surface area contributed by atoms with Crippen molar-refractivity contribution < 1.29 is 9.47 Å². The van der Waals surface area contributed by atoms with Crippen LogP contribution < -0.4 is 4.90 Å². The zero-order valence-electron chi connectivity index (χ0n) is 15.2. The lowest BCUT2D eigenvalue weighted by Crippen LogP contribution is -2.31. The molecule has 0 N–H and O–H groups in total. The molecule has 2 aromatic heterocycles. The third-order valence-electron chi connectivity index (χ3n) is 4.18. The zero-order chi connectivity index (χ0) is 18.5. The third-order valence-corrected chi connectivity index (χ3v) is 5.22. The molecule has 0 radical (unpaired) electrons. The molecule has 5 nitrogen and oxygen atoms in total. The SMILES string of the molecule is COCCN(CCOC)c1nc(Cl)nc2scc(-c3ccc(C)cc3)c12. The first-order valence-corrected chi connectivity index (χ1v) is 9.64. The number of fused-ring (bicyclic) bond motifs is 1. The van der Waals surface area contributed by atoms with E-state index in [9.17, 15) is 0 Å². The Kier molecular flexibility index (Phi) is 6.43. The maximum atomic E-state index is 6.21. The molecule has 0 atom stereocenters. The second kappa shape index (κ2) is 8.77. The van der Waals surface area contributed by atoms with Gasteiger partial charge >= 0.3 is 0 Å². The summed E-state index contributed by atoms with van der Waals surface area (Å²) in [4.78, 5) is 12.0. The molecule has 1 aromatic carbocycles. The molecule has 7 heteroatoms. The van der Waals surface area contributed by atoms with Gasteiger partial charge in [0.1, 0.15) is 10.6 Å². The van der Waals surface area contributed by atoms with E-state index in [0.29, 0.717) is 26.3 Å². The van der Waals surface area contributed by atoms with E-state index in [1.165, 1.54) is 5.56 Å². The second-order valence-electron chi connectivity index (χ2n) is 5.98. The number of aryl methyl sites for hydroxylation is 1. The first-order chi connectivity index (χ1) is 12.6. The summed E-state index contributed by atoms with van der Waals surface area (Å²) in [7, 11) is 3.39. The van der Waals surface area contributed by atoms with Crippen molar-refractivity contribution in [2.75, 3.05) is 45.4 Å². The maximum absolute atomic E-state index is 6.21. The number of benzene rings is 1. The lowest BCUT2D eigenvalue weighted by Gasteiger charge is -2.24. The minimum absolute atomic E-state index is 0.254. The molecule has 0 fully saturated rings. The van der Waals surface area contributed by atoms with E-state index in [-0.39, 0.29) is 5.28 Å². The summed E-state index contributed by atoms with van der Waals surface area (Å²) in [5.41, 5.74) is 3.50. The number of halogens is 1. The Bertz CT molecular complexity index is 859. The van der Waals surface area contributed by atoms with Gasteiger partial charge in [-0.15, -0.1) is 11.3 Å². The Morgan fingerprint density at radius 3 is 2.31 bits per heavy atom. The lowest BCUT2D eigenvalue weighted by atomic mass is 10.0. The topological polar surface area (TPSA) is 47.5 Å². The molecule has 0 amide bonds. The summed E-state index contributed by atoms with van der Waals surface area (Å²) >= 11 is 7.79. The van der Waals surface area contributed by atoms with Crippen molar-refractivity contribution in [3.8, 4) is 11.1 Å². The molecule has 26 heavy (non-hydrogen) atoms. The van der Waals surface area contributed by atoms with E-state index >= 15 is 0 Å². The van der Waals surface area contributed by atoms with Crippen molar-refractivity contribution in [2.45, 2.75) is 6.92 Å². The molecule has 0 aliphatic carbocycles. The van der Waals surface area contributed by atoms with E-state index in [4.69, 9.17) is 21.1 Å². The van der Waals surface area contributed by atoms with Crippen LogP contribution in [0.5, 0.6) is 0 Å². The molecular weight excluding hydrogens is 370 g/mol. The molecule has 3 aromatic rings. The Hall–Kier alpha value is -1.73. The van der Waals surface area contributed by atoms with Crippen LogP contribution in [-0.4, -0.2) is 50.5 Å². The number of anilines is 1. The average Bonchev–Trinajstić information content (AvgIpc) is 3.05. The van der Waals surface area contributed by atoms with Gasteiger partial charge in [-0.3, -0.25) is 0 Å². The van der Waals surface area contributed by atoms with Gasteiger partial charge in [-0.05, 0) is 24.1 Å². The van der Waals surface area contributed by atoms with Crippen LogP contribution in [0.1, 0.15) is 5.56 Å². The molecule has 0 saturated carbocycles. The van der Waals surface area contributed by atoms with Crippen molar-refractivity contribution in [1.29, 1.82) is 0 Å². The molecule has 0 aliphatic heterocycles. The van der Waals surface area contributed by atoms with Crippen molar-refractivity contribution in [3.05, 3.63) is 40.5 Å². The fourth-order valence-electron chi connectivity index (χ4n) is 2.80. The third kappa shape index (κ3) is 4.15. The molecule has 0 bridgehead atoms. The lowest BCUT2D eigenvalue weighted by molar-refractivity contribution is 0.190. The molecule has 2 heterocycles. The number of aromatic nitrogens is 2.